The normalized spacial score (nSPS) is 21.2. The van der Waals surface area contributed by atoms with Crippen LogP contribution in [0.25, 0.3) is 10.9 Å². The Balaban J connectivity index is 1.50. The SMILES string of the molecule is O=[N+]([O-])c1ccc2c(cnn2C2CCN(C3CCCC3)CC2)c1. The first-order valence-electron chi connectivity index (χ1n) is 8.58. The van der Waals surface area contributed by atoms with Crippen molar-refractivity contribution in [2.75, 3.05) is 13.1 Å². The number of nitrogens with zero attached hydrogens (tertiary/aromatic N) is 4. The van der Waals surface area contributed by atoms with Gasteiger partial charge in [-0.25, -0.2) is 0 Å². The van der Waals surface area contributed by atoms with Gasteiger partial charge in [0.25, 0.3) is 5.69 Å². The minimum Gasteiger partial charge on any atom is -0.300 e. The molecule has 0 radical (unpaired) electrons. The summed E-state index contributed by atoms with van der Waals surface area (Å²) in [6, 6.07) is 6.24. The van der Waals surface area contributed by atoms with Crippen LogP contribution < -0.4 is 0 Å². The number of nitro groups is 1. The van der Waals surface area contributed by atoms with Crippen molar-refractivity contribution in [1.82, 2.24) is 14.7 Å². The molecule has 1 saturated heterocycles. The van der Waals surface area contributed by atoms with Crippen LogP contribution in [0.1, 0.15) is 44.6 Å². The first kappa shape index (κ1) is 14.6. The van der Waals surface area contributed by atoms with Crippen molar-refractivity contribution in [3.8, 4) is 0 Å². The fraction of sp³-hybridized carbons (Fsp3) is 0.588. The van der Waals surface area contributed by atoms with Crippen LogP contribution in [-0.2, 0) is 0 Å². The maximum Gasteiger partial charge on any atom is 0.270 e. The molecular weight excluding hydrogens is 292 g/mol. The Morgan fingerprint density at radius 1 is 1.09 bits per heavy atom. The fourth-order valence-electron chi connectivity index (χ4n) is 4.21. The Labute approximate surface area is 135 Å². The molecule has 6 heteroatoms. The number of aromatic nitrogens is 2. The van der Waals surface area contributed by atoms with E-state index in [2.05, 4.69) is 14.7 Å². The highest BCUT2D eigenvalue weighted by atomic mass is 16.6. The number of hydrogen-bond donors (Lipinski definition) is 0. The molecule has 0 bridgehead atoms. The van der Waals surface area contributed by atoms with Gasteiger partial charge in [-0.15, -0.1) is 0 Å². The van der Waals surface area contributed by atoms with Gasteiger partial charge in [0.15, 0.2) is 0 Å². The van der Waals surface area contributed by atoms with Crippen molar-refractivity contribution in [3.05, 3.63) is 34.5 Å². The van der Waals surface area contributed by atoms with E-state index in [0.29, 0.717) is 6.04 Å². The van der Waals surface area contributed by atoms with Gasteiger partial charge in [-0.3, -0.25) is 14.8 Å². The molecule has 1 aromatic carbocycles. The molecule has 23 heavy (non-hydrogen) atoms. The van der Waals surface area contributed by atoms with Crippen LogP contribution in [0.5, 0.6) is 0 Å². The van der Waals surface area contributed by atoms with Crippen LogP contribution in [0.3, 0.4) is 0 Å². The molecule has 4 rings (SSSR count). The molecule has 1 saturated carbocycles. The predicted molar refractivity (Wildman–Crippen MR) is 88.5 cm³/mol. The van der Waals surface area contributed by atoms with Crippen LogP contribution in [-0.4, -0.2) is 38.7 Å². The van der Waals surface area contributed by atoms with Crippen molar-refractivity contribution in [3.63, 3.8) is 0 Å². The minimum atomic E-state index is -0.350. The first-order valence-corrected chi connectivity index (χ1v) is 8.58. The van der Waals surface area contributed by atoms with E-state index in [1.54, 1.807) is 18.3 Å². The Morgan fingerprint density at radius 3 is 2.52 bits per heavy atom. The van der Waals surface area contributed by atoms with E-state index in [4.69, 9.17) is 0 Å². The number of fused-ring (bicyclic) bond motifs is 1. The number of piperidine rings is 1. The van der Waals surface area contributed by atoms with Gasteiger partial charge in [0, 0.05) is 36.7 Å². The van der Waals surface area contributed by atoms with Gasteiger partial charge < -0.3 is 4.90 Å². The summed E-state index contributed by atoms with van der Waals surface area (Å²) in [6.07, 6.45) is 9.47. The van der Waals surface area contributed by atoms with Crippen LogP contribution in [0.15, 0.2) is 24.4 Å². The summed E-state index contributed by atoms with van der Waals surface area (Å²) in [5.74, 6) is 0. The summed E-state index contributed by atoms with van der Waals surface area (Å²) in [7, 11) is 0. The summed E-state index contributed by atoms with van der Waals surface area (Å²) >= 11 is 0. The minimum absolute atomic E-state index is 0.133. The lowest BCUT2D eigenvalue weighted by molar-refractivity contribution is -0.384. The lowest BCUT2D eigenvalue weighted by Gasteiger charge is -2.36. The van der Waals surface area contributed by atoms with Gasteiger partial charge >= 0.3 is 0 Å². The van der Waals surface area contributed by atoms with Gasteiger partial charge in [0.05, 0.1) is 22.7 Å². The highest BCUT2D eigenvalue weighted by Crippen LogP contribution is 2.31. The lowest BCUT2D eigenvalue weighted by atomic mass is 10.0. The predicted octanol–water partition coefficient (Wildman–Crippen LogP) is 3.52. The van der Waals surface area contributed by atoms with Crippen molar-refractivity contribution in [2.24, 2.45) is 0 Å². The number of likely N-dealkylation sites (tertiary alicyclic amines) is 1. The number of hydrogen-bond acceptors (Lipinski definition) is 4. The molecule has 1 aliphatic carbocycles. The highest BCUT2D eigenvalue weighted by Gasteiger charge is 2.28. The van der Waals surface area contributed by atoms with Crippen LogP contribution >= 0.6 is 0 Å². The molecule has 2 aromatic rings. The lowest BCUT2D eigenvalue weighted by Crippen LogP contribution is -2.40. The average Bonchev–Trinajstić information content (AvgIpc) is 3.24. The van der Waals surface area contributed by atoms with E-state index in [9.17, 15) is 10.1 Å². The second-order valence-corrected chi connectivity index (χ2v) is 6.79. The summed E-state index contributed by atoms with van der Waals surface area (Å²) in [4.78, 5) is 13.2. The number of benzene rings is 1. The third kappa shape index (κ3) is 2.72. The van der Waals surface area contributed by atoms with E-state index in [1.165, 1.54) is 25.7 Å². The van der Waals surface area contributed by atoms with Crippen LogP contribution in [0, 0.1) is 10.1 Å². The third-order valence-electron chi connectivity index (χ3n) is 5.48. The number of non-ortho nitro benzene ring substituents is 1. The second kappa shape index (κ2) is 5.92. The molecule has 6 nitrogen and oxygen atoms in total. The number of nitro benzene ring substituents is 1. The maximum absolute atomic E-state index is 10.9. The van der Waals surface area contributed by atoms with E-state index >= 15 is 0 Å². The zero-order valence-corrected chi connectivity index (χ0v) is 13.2. The molecule has 1 aromatic heterocycles. The van der Waals surface area contributed by atoms with Crippen LogP contribution in [0.2, 0.25) is 0 Å². The molecule has 0 amide bonds. The monoisotopic (exact) mass is 314 g/mol. The van der Waals surface area contributed by atoms with E-state index in [-0.39, 0.29) is 10.6 Å². The third-order valence-corrected chi connectivity index (χ3v) is 5.48. The Morgan fingerprint density at radius 2 is 1.83 bits per heavy atom. The summed E-state index contributed by atoms with van der Waals surface area (Å²) in [5, 5.41) is 16.3. The van der Waals surface area contributed by atoms with Gasteiger partial charge in [0.2, 0.25) is 0 Å². The van der Waals surface area contributed by atoms with E-state index in [0.717, 1.165) is 42.9 Å². The maximum atomic E-state index is 10.9. The average molecular weight is 314 g/mol. The van der Waals surface area contributed by atoms with Gasteiger partial charge in [-0.2, -0.15) is 5.10 Å². The topological polar surface area (TPSA) is 64.2 Å². The molecule has 1 aliphatic heterocycles. The van der Waals surface area contributed by atoms with Gasteiger partial charge in [0.1, 0.15) is 0 Å². The Hall–Kier alpha value is -1.95. The number of rotatable bonds is 3. The zero-order chi connectivity index (χ0) is 15.8. The zero-order valence-electron chi connectivity index (χ0n) is 13.2. The van der Waals surface area contributed by atoms with Crippen LogP contribution in [0.4, 0.5) is 5.69 Å². The summed E-state index contributed by atoms with van der Waals surface area (Å²) in [6.45, 7) is 2.29. The van der Waals surface area contributed by atoms with Crippen molar-refractivity contribution < 1.29 is 4.92 Å². The summed E-state index contributed by atoms with van der Waals surface area (Å²) in [5.41, 5.74) is 1.14. The quantitative estimate of drug-likeness (QED) is 0.642. The fourth-order valence-corrected chi connectivity index (χ4v) is 4.21. The van der Waals surface area contributed by atoms with E-state index < -0.39 is 0 Å². The smallest absolute Gasteiger partial charge is 0.270 e. The summed E-state index contributed by atoms with van der Waals surface area (Å²) < 4.78 is 2.07. The molecule has 0 atom stereocenters. The van der Waals surface area contributed by atoms with Crippen molar-refractivity contribution >= 4 is 16.6 Å². The van der Waals surface area contributed by atoms with E-state index in [1.807, 2.05) is 6.07 Å². The van der Waals surface area contributed by atoms with Gasteiger partial charge in [-0.1, -0.05) is 12.8 Å². The molecule has 0 N–H and O–H groups in total. The standard InChI is InChI=1S/C17H22N4O2/c22-21(23)16-5-6-17-13(11-16)12-18-20(17)15-7-9-19(10-8-15)14-3-1-2-4-14/h5-6,11-12,14-15H,1-4,7-10H2. The first-order chi connectivity index (χ1) is 11.2. The Kier molecular flexibility index (Phi) is 3.77. The van der Waals surface area contributed by atoms with Crippen molar-refractivity contribution in [1.29, 1.82) is 0 Å². The molecule has 122 valence electrons. The Bertz CT molecular complexity index is 712. The highest BCUT2D eigenvalue weighted by molar-refractivity contribution is 5.81. The molecule has 0 unspecified atom stereocenters. The largest absolute Gasteiger partial charge is 0.300 e. The molecule has 2 aliphatic rings. The molecular formula is C17H22N4O2. The van der Waals surface area contributed by atoms with Gasteiger partial charge in [-0.05, 0) is 31.7 Å². The second-order valence-electron chi connectivity index (χ2n) is 6.79. The molecule has 2 heterocycles. The molecule has 0 spiro atoms. The molecule has 2 fully saturated rings. The van der Waals surface area contributed by atoms with Crippen molar-refractivity contribution in [2.45, 2.75) is 50.6 Å².